The van der Waals surface area contributed by atoms with Gasteiger partial charge in [0, 0.05) is 11.7 Å². The Hall–Kier alpha value is -1.54. The molecule has 1 unspecified atom stereocenters. The Morgan fingerprint density at radius 2 is 1.94 bits per heavy atom. The van der Waals surface area contributed by atoms with Crippen LogP contribution in [0.15, 0.2) is 42.5 Å². The zero-order chi connectivity index (χ0) is 13.1. The molecule has 94 valence electrons. The van der Waals surface area contributed by atoms with E-state index in [1.165, 1.54) is 17.2 Å². The van der Waals surface area contributed by atoms with Crippen molar-refractivity contribution >= 4 is 17.3 Å². The molecule has 1 atom stereocenters. The zero-order valence-corrected chi connectivity index (χ0v) is 11.1. The highest BCUT2D eigenvalue weighted by Gasteiger charge is 2.07. The van der Waals surface area contributed by atoms with E-state index in [4.69, 9.17) is 11.6 Å². The molecule has 2 aromatic rings. The van der Waals surface area contributed by atoms with E-state index in [1.807, 2.05) is 13.0 Å². The predicted molar refractivity (Wildman–Crippen MR) is 74.6 cm³/mol. The van der Waals surface area contributed by atoms with E-state index >= 15 is 0 Å². The molecule has 0 radical (unpaired) electrons. The monoisotopic (exact) mass is 263 g/mol. The first kappa shape index (κ1) is 12.9. The minimum Gasteiger partial charge on any atom is -0.378 e. The summed E-state index contributed by atoms with van der Waals surface area (Å²) in [5.41, 5.74) is 3.11. The van der Waals surface area contributed by atoms with Crippen LogP contribution in [0.1, 0.15) is 24.1 Å². The van der Waals surface area contributed by atoms with Crippen LogP contribution in [0.4, 0.5) is 10.1 Å². The van der Waals surface area contributed by atoms with Crippen LogP contribution in [-0.4, -0.2) is 0 Å². The fourth-order valence-electron chi connectivity index (χ4n) is 1.86. The molecule has 1 N–H and O–H groups in total. The molecular weight excluding hydrogens is 249 g/mol. The largest absolute Gasteiger partial charge is 0.378 e. The highest BCUT2D eigenvalue weighted by atomic mass is 35.5. The molecule has 18 heavy (non-hydrogen) atoms. The highest BCUT2D eigenvalue weighted by molar-refractivity contribution is 6.30. The van der Waals surface area contributed by atoms with E-state index in [1.54, 1.807) is 12.1 Å². The third kappa shape index (κ3) is 3.02. The predicted octanol–water partition coefficient (Wildman–Crippen LogP) is 4.96. The van der Waals surface area contributed by atoms with Gasteiger partial charge < -0.3 is 5.32 Å². The van der Waals surface area contributed by atoms with Crippen LogP contribution in [0.3, 0.4) is 0 Å². The summed E-state index contributed by atoms with van der Waals surface area (Å²) in [6.07, 6.45) is 0. The molecule has 0 spiro atoms. The fraction of sp³-hybridized carbons (Fsp3) is 0.200. The second-order valence-corrected chi connectivity index (χ2v) is 4.82. The Labute approximate surface area is 112 Å². The lowest BCUT2D eigenvalue weighted by Gasteiger charge is -2.16. The molecule has 0 amide bonds. The molecule has 1 nitrogen and oxygen atoms in total. The van der Waals surface area contributed by atoms with Crippen LogP contribution in [0.2, 0.25) is 5.02 Å². The second kappa shape index (κ2) is 5.40. The van der Waals surface area contributed by atoms with Crippen molar-refractivity contribution in [1.29, 1.82) is 0 Å². The Morgan fingerprint density at radius 1 is 1.17 bits per heavy atom. The molecule has 3 heteroatoms. The molecular formula is C15H15ClFN. The second-order valence-electron chi connectivity index (χ2n) is 4.41. The topological polar surface area (TPSA) is 12.0 Å². The van der Waals surface area contributed by atoms with E-state index in [0.717, 1.165) is 5.69 Å². The quantitative estimate of drug-likeness (QED) is 0.825. The molecule has 2 aromatic carbocycles. The van der Waals surface area contributed by atoms with Crippen LogP contribution in [-0.2, 0) is 0 Å². The van der Waals surface area contributed by atoms with Gasteiger partial charge >= 0.3 is 0 Å². The van der Waals surface area contributed by atoms with Crippen LogP contribution >= 0.6 is 11.6 Å². The number of hydrogen-bond acceptors (Lipinski definition) is 1. The SMILES string of the molecule is Cc1cccc(C(C)Nc2ccc(Cl)c(F)c2)c1. The van der Waals surface area contributed by atoms with Gasteiger partial charge in [-0.15, -0.1) is 0 Å². The van der Waals surface area contributed by atoms with Gasteiger partial charge in [0.25, 0.3) is 0 Å². The van der Waals surface area contributed by atoms with Gasteiger partial charge in [-0.3, -0.25) is 0 Å². The smallest absolute Gasteiger partial charge is 0.143 e. The third-order valence-electron chi connectivity index (χ3n) is 2.84. The van der Waals surface area contributed by atoms with Crippen molar-refractivity contribution in [3.05, 3.63) is 64.4 Å². The minimum absolute atomic E-state index is 0.116. The Balaban J connectivity index is 2.16. The summed E-state index contributed by atoms with van der Waals surface area (Å²) in [7, 11) is 0. The maximum atomic E-state index is 13.3. The number of anilines is 1. The molecule has 0 heterocycles. The van der Waals surface area contributed by atoms with Gasteiger partial charge in [0.05, 0.1) is 5.02 Å². The first-order valence-electron chi connectivity index (χ1n) is 5.84. The zero-order valence-electron chi connectivity index (χ0n) is 10.4. The molecule has 2 rings (SSSR count). The van der Waals surface area contributed by atoms with Crippen molar-refractivity contribution in [3.63, 3.8) is 0 Å². The first-order valence-corrected chi connectivity index (χ1v) is 6.22. The number of rotatable bonds is 3. The third-order valence-corrected chi connectivity index (χ3v) is 3.15. The molecule has 0 bridgehead atoms. The lowest BCUT2D eigenvalue weighted by molar-refractivity contribution is 0.628. The molecule has 0 aromatic heterocycles. The highest BCUT2D eigenvalue weighted by Crippen LogP contribution is 2.23. The van der Waals surface area contributed by atoms with Gasteiger partial charge in [0.1, 0.15) is 5.82 Å². The summed E-state index contributed by atoms with van der Waals surface area (Å²) in [6.45, 7) is 4.10. The number of hydrogen-bond donors (Lipinski definition) is 1. The summed E-state index contributed by atoms with van der Waals surface area (Å²) in [6, 6.07) is 13.1. The maximum Gasteiger partial charge on any atom is 0.143 e. The summed E-state index contributed by atoms with van der Waals surface area (Å²) >= 11 is 5.65. The standard InChI is InChI=1S/C15H15ClFN/c1-10-4-3-5-12(8-10)11(2)18-13-6-7-14(16)15(17)9-13/h3-9,11,18H,1-2H3. The van der Waals surface area contributed by atoms with Crippen molar-refractivity contribution in [2.24, 2.45) is 0 Å². The van der Waals surface area contributed by atoms with E-state index in [2.05, 4.69) is 30.4 Å². The molecule has 0 aliphatic heterocycles. The van der Waals surface area contributed by atoms with Gasteiger partial charge in [-0.2, -0.15) is 0 Å². The van der Waals surface area contributed by atoms with E-state index in [9.17, 15) is 4.39 Å². The average molecular weight is 264 g/mol. The van der Waals surface area contributed by atoms with Gasteiger partial charge in [-0.1, -0.05) is 41.4 Å². The summed E-state index contributed by atoms with van der Waals surface area (Å²) in [5, 5.41) is 3.40. The lowest BCUT2D eigenvalue weighted by atomic mass is 10.1. The number of nitrogens with one attached hydrogen (secondary N) is 1. The first-order chi connectivity index (χ1) is 8.56. The summed E-state index contributed by atoms with van der Waals surface area (Å²) in [5.74, 6) is -0.405. The maximum absolute atomic E-state index is 13.3. The Kier molecular flexibility index (Phi) is 3.87. The number of aryl methyl sites for hydroxylation is 1. The van der Waals surface area contributed by atoms with E-state index in [0.29, 0.717) is 0 Å². The fourth-order valence-corrected chi connectivity index (χ4v) is 1.98. The molecule has 0 saturated heterocycles. The molecule has 0 fully saturated rings. The van der Waals surface area contributed by atoms with Crippen LogP contribution in [0.5, 0.6) is 0 Å². The van der Waals surface area contributed by atoms with Crippen LogP contribution in [0.25, 0.3) is 0 Å². The van der Waals surface area contributed by atoms with Crippen molar-refractivity contribution in [2.45, 2.75) is 19.9 Å². The summed E-state index contributed by atoms with van der Waals surface area (Å²) in [4.78, 5) is 0. The normalized spacial score (nSPS) is 12.2. The van der Waals surface area contributed by atoms with Crippen molar-refractivity contribution < 1.29 is 4.39 Å². The number of halogens is 2. The van der Waals surface area contributed by atoms with Gasteiger partial charge in [0.15, 0.2) is 0 Å². The van der Waals surface area contributed by atoms with E-state index in [-0.39, 0.29) is 11.1 Å². The Morgan fingerprint density at radius 3 is 2.61 bits per heavy atom. The molecule has 0 saturated carbocycles. The lowest BCUT2D eigenvalue weighted by Crippen LogP contribution is -2.06. The van der Waals surface area contributed by atoms with Crippen molar-refractivity contribution in [2.75, 3.05) is 5.32 Å². The van der Waals surface area contributed by atoms with E-state index < -0.39 is 5.82 Å². The number of benzene rings is 2. The molecule has 0 aliphatic carbocycles. The minimum atomic E-state index is -0.405. The van der Waals surface area contributed by atoms with Crippen LogP contribution in [0, 0.1) is 12.7 Å². The summed E-state index contributed by atoms with van der Waals surface area (Å²) < 4.78 is 13.3. The van der Waals surface area contributed by atoms with Crippen molar-refractivity contribution in [1.82, 2.24) is 0 Å². The molecule has 0 aliphatic rings. The van der Waals surface area contributed by atoms with Gasteiger partial charge in [-0.25, -0.2) is 4.39 Å². The van der Waals surface area contributed by atoms with Gasteiger partial charge in [0.2, 0.25) is 0 Å². The van der Waals surface area contributed by atoms with Crippen molar-refractivity contribution in [3.8, 4) is 0 Å². The van der Waals surface area contributed by atoms with Gasteiger partial charge in [-0.05, 0) is 37.6 Å². The van der Waals surface area contributed by atoms with Crippen LogP contribution < -0.4 is 5.32 Å². The Bertz CT molecular complexity index is 554. The average Bonchev–Trinajstić information content (AvgIpc) is 2.34.